The molecule has 2 heterocycles. The van der Waals surface area contributed by atoms with Crippen molar-refractivity contribution in [1.29, 1.82) is 0 Å². The normalized spacial score (nSPS) is 22.3. The third-order valence-electron chi connectivity index (χ3n) is 4.86. The number of nitrogens with zero attached hydrogens (tertiary/aromatic N) is 2. The van der Waals surface area contributed by atoms with E-state index in [-0.39, 0.29) is 43.0 Å². The molecule has 1 aromatic rings. The Labute approximate surface area is 138 Å². The molecule has 0 aliphatic carbocycles. The molecule has 2 amide bonds. The summed E-state index contributed by atoms with van der Waals surface area (Å²) in [4.78, 5) is 27.7. The number of carbonyl (C=O) groups excluding carboxylic acids is 2. The van der Waals surface area contributed by atoms with Crippen molar-refractivity contribution in [1.82, 2.24) is 4.90 Å². The maximum absolute atomic E-state index is 13.9. The number of carbonyl (C=O) groups is 2. The number of anilines is 1. The van der Waals surface area contributed by atoms with Gasteiger partial charge in [-0.1, -0.05) is 0 Å². The van der Waals surface area contributed by atoms with Crippen LogP contribution in [0.1, 0.15) is 19.3 Å². The molecule has 1 atom stereocenters. The first-order valence-corrected chi connectivity index (χ1v) is 8.14. The highest BCUT2D eigenvalue weighted by atomic mass is 19.1. The molecule has 7 heteroatoms. The van der Waals surface area contributed by atoms with E-state index in [4.69, 9.17) is 5.11 Å². The summed E-state index contributed by atoms with van der Waals surface area (Å²) >= 11 is 0. The van der Waals surface area contributed by atoms with Gasteiger partial charge in [0, 0.05) is 38.7 Å². The molecule has 0 bridgehead atoms. The van der Waals surface area contributed by atoms with E-state index in [1.165, 1.54) is 11.0 Å². The predicted octanol–water partition coefficient (Wildman–Crippen LogP) is 1.55. The molecular weight excluding hydrogens is 318 g/mol. The lowest BCUT2D eigenvalue weighted by atomic mass is 9.96. The smallest absolute Gasteiger partial charge is 0.228 e. The van der Waals surface area contributed by atoms with E-state index in [9.17, 15) is 18.4 Å². The quantitative estimate of drug-likeness (QED) is 0.910. The Morgan fingerprint density at radius 2 is 1.96 bits per heavy atom. The van der Waals surface area contributed by atoms with Crippen LogP contribution in [0.2, 0.25) is 0 Å². The van der Waals surface area contributed by atoms with Crippen LogP contribution in [0.5, 0.6) is 0 Å². The van der Waals surface area contributed by atoms with Crippen molar-refractivity contribution < 1.29 is 23.5 Å². The Morgan fingerprint density at radius 3 is 2.58 bits per heavy atom. The molecule has 2 aliphatic rings. The number of aliphatic hydroxyl groups is 1. The van der Waals surface area contributed by atoms with Gasteiger partial charge in [0.15, 0.2) is 0 Å². The molecule has 130 valence electrons. The van der Waals surface area contributed by atoms with E-state index in [1.54, 1.807) is 4.90 Å². The van der Waals surface area contributed by atoms with Crippen molar-refractivity contribution in [3.8, 4) is 0 Å². The first kappa shape index (κ1) is 16.8. The number of likely N-dealkylation sites (tertiary alicyclic amines) is 1. The molecule has 0 aromatic heterocycles. The van der Waals surface area contributed by atoms with E-state index < -0.39 is 17.6 Å². The minimum absolute atomic E-state index is 0.00990. The van der Waals surface area contributed by atoms with Crippen LogP contribution in [0.4, 0.5) is 14.5 Å². The van der Waals surface area contributed by atoms with Gasteiger partial charge >= 0.3 is 0 Å². The Morgan fingerprint density at radius 1 is 1.25 bits per heavy atom. The molecule has 0 saturated carbocycles. The maximum atomic E-state index is 13.9. The van der Waals surface area contributed by atoms with Gasteiger partial charge in [0.1, 0.15) is 11.6 Å². The fraction of sp³-hybridized carbons (Fsp3) is 0.529. The second-order valence-electron chi connectivity index (χ2n) is 6.45. The lowest BCUT2D eigenvalue weighted by Gasteiger charge is -2.32. The van der Waals surface area contributed by atoms with Gasteiger partial charge in [-0.3, -0.25) is 9.59 Å². The van der Waals surface area contributed by atoms with Crippen LogP contribution in [0.3, 0.4) is 0 Å². The summed E-state index contributed by atoms with van der Waals surface area (Å²) in [5.41, 5.74) is 0.00990. The van der Waals surface area contributed by atoms with Gasteiger partial charge in [-0.15, -0.1) is 0 Å². The standard InChI is InChI=1S/C17H20F2N2O3/c18-13-1-2-15(14(19)8-13)21-9-12(7-16(21)23)17(24)20-5-3-11(10-22)4-6-20/h1-2,8,11-12,22H,3-7,9-10H2. The largest absolute Gasteiger partial charge is 0.396 e. The van der Waals surface area contributed by atoms with Crippen LogP contribution in [0.25, 0.3) is 0 Å². The van der Waals surface area contributed by atoms with Crippen molar-refractivity contribution in [2.75, 3.05) is 31.1 Å². The number of hydrogen-bond acceptors (Lipinski definition) is 3. The summed E-state index contributed by atoms with van der Waals surface area (Å²) < 4.78 is 26.9. The molecule has 1 unspecified atom stereocenters. The molecule has 2 aliphatic heterocycles. The fourth-order valence-corrected chi connectivity index (χ4v) is 3.40. The molecule has 0 spiro atoms. The second kappa shape index (κ2) is 6.84. The van der Waals surface area contributed by atoms with E-state index in [0.717, 1.165) is 25.0 Å². The topological polar surface area (TPSA) is 60.9 Å². The van der Waals surface area contributed by atoms with Gasteiger partial charge in [0.2, 0.25) is 11.8 Å². The van der Waals surface area contributed by atoms with Crippen LogP contribution in [-0.2, 0) is 9.59 Å². The number of benzene rings is 1. The molecule has 1 aromatic carbocycles. The average molecular weight is 338 g/mol. The highest BCUT2D eigenvalue weighted by molar-refractivity contribution is 6.00. The highest BCUT2D eigenvalue weighted by Crippen LogP contribution is 2.29. The third-order valence-corrected chi connectivity index (χ3v) is 4.86. The molecule has 1 N–H and O–H groups in total. The Kier molecular flexibility index (Phi) is 4.80. The SMILES string of the molecule is O=C(C1CC(=O)N(c2ccc(F)cc2F)C1)N1CCC(CO)CC1. The van der Waals surface area contributed by atoms with Crippen molar-refractivity contribution >= 4 is 17.5 Å². The first-order valence-electron chi connectivity index (χ1n) is 8.14. The van der Waals surface area contributed by atoms with E-state index in [1.807, 2.05) is 0 Å². The van der Waals surface area contributed by atoms with Gasteiger partial charge in [0.05, 0.1) is 11.6 Å². The van der Waals surface area contributed by atoms with E-state index in [2.05, 4.69) is 0 Å². The molecule has 2 fully saturated rings. The maximum Gasteiger partial charge on any atom is 0.228 e. The first-order chi connectivity index (χ1) is 11.5. The average Bonchev–Trinajstić information content (AvgIpc) is 2.96. The van der Waals surface area contributed by atoms with Crippen LogP contribution in [0.15, 0.2) is 18.2 Å². The monoisotopic (exact) mass is 338 g/mol. The third kappa shape index (κ3) is 3.26. The van der Waals surface area contributed by atoms with Crippen LogP contribution < -0.4 is 4.90 Å². The number of amides is 2. The minimum atomic E-state index is -0.805. The lowest BCUT2D eigenvalue weighted by Crippen LogP contribution is -2.43. The number of aliphatic hydroxyl groups excluding tert-OH is 1. The van der Waals surface area contributed by atoms with Crippen molar-refractivity contribution in [2.45, 2.75) is 19.3 Å². The number of hydrogen-bond donors (Lipinski definition) is 1. The van der Waals surface area contributed by atoms with Crippen molar-refractivity contribution in [2.24, 2.45) is 11.8 Å². The molecule has 5 nitrogen and oxygen atoms in total. The fourth-order valence-electron chi connectivity index (χ4n) is 3.40. The van der Waals surface area contributed by atoms with Crippen LogP contribution >= 0.6 is 0 Å². The van der Waals surface area contributed by atoms with Gasteiger partial charge in [-0.25, -0.2) is 8.78 Å². The Hall–Kier alpha value is -2.02. The van der Waals surface area contributed by atoms with Crippen LogP contribution in [-0.4, -0.2) is 48.1 Å². The predicted molar refractivity (Wildman–Crippen MR) is 83.2 cm³/mol. The summed E-state index contributed by atoms with van der Waals surface area (Å²) in [5, 5.41) is 9.15. The lowest BCUT2D eigenvalue weighted by molar-refractivity contribution is -0.137. The zero-order chi connectivity index (χ0) is 17.3. The molecule has 24 heavy (non-hydrogen) atoms. The summed E-state index contributed by atoms with van der Waals surface area (Å²) in [6.45, 7) is 1.38. The molecule has 0 radical (unpaired) electrons. The summed E-state index contributed by atoms with van der Waals surface area (Å²) in [5.74, 6) is -2.23. The Balaban J connectivity index is 1.67. The molecule has 3 rings (SSSR count). The van der Waals surface area contributed by atoms with E-state index >= 15 is 0 Å². The molecule has 2 saturated heterocycles. The van der Waals surface area contributed by atoms with Crippen molar-refractivity contribution in [3.05, 3.63) is 29.8 Å². The van der Waals surface area contributed by atoms with E-state index in [0.29, 0.717) is 13.1 Å². The van der Waals surface area contributed by atoms with Gasteiger partial charge < -0.3 is 14.9 Å². The number of rotatable bonds is 3. The summed E-state index contributed by atoms with van der Waals surface area (Å²) in [6.07, 6.45) is 1.54. The minimum Gasteiger partial charge on any atom is -0.396 e. The summed E-state index contributed by atoms with van der Waals surface area (Å²) in [6, 6.07) is 3.06. The van der Waals surface area contributed by atoms with Gasteiger partial charge in [-0.05, 0) is 30.9 Å². The zero-order valence-corrected chi connectivity index (χ0v) is 13.3. The summed E-state index contributed by atoms with van der Waals surface area (Å²) in [7, 11) is 0. The number of halogens is 2. The second-order valence-corrected chi connectivity index (χ2v) is 6.45. The highest BCUT2D eigenvalue weighted by Gasteiger charge is 2.38. The van der Waals surface area contributed by atoms with Gasteiger partial charge in [-0.2, -0.15) is 0 Å². The molecular formula is C17H20F2N2O3. The van der Waals surface area contributed by atoms with Crippen LogP contribution in [0, 0.1) is 23.5 Å². The Bertz CT molecular complexity index is 645. The van der Waals surface area contributed by atoms with Gasteiger partial charge in [0.25, 0.3) is 0 Å². The van der Waals surface area contributed by atoms with Crippen molar-refractivity contribution in [3.63, 3.8) is 0 Å². The number of piperidine rings is 1. The zero-order valence-electron chi connectivity index (χ0n) is 13.3.